The van der Waals surface area contributed by atoms with Gasteiger partial charge in [0, 0.05) is 17.0 Å². The predicted molar refractivity (Wildman–Crippen MR) is 139 cm³/mol. The fourth-order valence-electron chi connectivity index (χ4n) is 4.06. The average molecular weight is 509 g/mol. The van der Waals surface area contributed by atoms with E-state index in [9.17, 15) is 10.2 Å². The summed E-state index contributed by atoms with van der Waals surface area (Å²) in [5, 5.41) is 53.1. The molecule has 0 spiro atoms. The maximum Gasteiger partial charge on any atom is 0.173 e. The quantitative estimate of drug-likeness (QED) is 0.251. The minimum atomic E-state index is -0.499. The summed E-state index contributed by atoms with van der Waals surface area (Å²) in [6.07, 6.45) is 3.22. The summed E-state index contributed by atoms with van der Waals surface area (Å²) in [5.41, 5.74) is 4.56. The van der Waals surface area contributed by atoms with Gasteiger partial charge in [-0.2, -0.15) is 10.2 Å². The molecule has 0 aliphatic rings. The van der Waals surface area contributed by atoms with Crippen LogP contribution in [0.4, 0.5) is 0 Å². The molecular formula is C26H24N10O2. The lowest BCUT2D eigenvalue weighted by atomic mass is 9.82. The van der Waals surface area contributed by atoms with E-state index < -0.39 is 5.92 Å². The highest BCUT2D eigenvalue weighted by molar-refractivity contribution is 5.82. The van der Waals surface area contributed by atoms with Crippen molar-refractivity contribution in [1.29, 1.82) is 0 Å². The number of tetrazole rings is 2. The highest BCUT2D eigenvalue weighted by atomic mass is 16.3. The van der Waals surface area contributed by atoms with Crippen LogP contribution in [0.1, 0.15) is 50.9 Å². The zero-order valence-electron chi connectivity index (χ0n) is 20.9. The number of aromatic nitrogens is 8. The molecule has 2 aromatic heterocycles. The Kier molecular flexibility index (Phi) is 6.68. The van der Waals surface area contributed by atoms with Crippen molar-refractivity contribution >= 4 is 12.4 Å². The van der Waals surface area contributed by atoms with E-state index in [4.69, 9.17) is 0 Å². The molecule has 0 bridgehead atoms. The topological polar surface area (TPSA) is 152 Å². The molecule has 12 nitrogen and oxygen atoms in total. The first kappa shape index (κ1) is 24.4. The van der Waals surface area contributed by atoms with Crippen molar-refractivity contribution < 1.29 is 10.2 Å². The molecule has 0 unspecified atom stereocenters. The highest BCUT2D eigenvalue weighted by Gasteiger charge is 2.24. The Morgan fingerprint density at radius 2 is 1.24 bits per heavy atom. The fraction of sp³-hybridized carbons (Fsp3) is 0.154. The number of rotatable bonds is 7. The van der Waals surface area contributed by atoms with E-state index in [0.29, 0.717) is 22.8 Å². The molecule has 12 heteroatoms. The molecule has 0 atom stereocenters. The third-order valence-electron chi connectivity index (χ3n) is 5.94. The van der Waals surface area contributed by atoms with Crippen LogP contribution < -0.4 is 0 Å². The number of hydrogen-bond donors (Lipinski definition) is 2. The molecule has 0 saturated heterocycles. The highest BCUT2D eigenvalue weighted by Crippen LogP contribution is 2.41. The molecule has 0 aliphatic carbocycles. The van der Waals surface area contributed by atoms with Crippen molar-refractivity contribution in [3.63, 3.8) is 0 Å². The van der Waals surface area contributed by atoms with E-state index in [1.54, 1.807) is 50.5 Å². The Labute approximate surface area is 217 Å². The van der Waals surface area contributed by atoms with E-state index in [1.165, 1.54) is 9.58 Å². The molecule has 0 saturated carbocycles. The van der Waals surface area contributed by atoms with Crippen LogP contribution in [0, 0.1) is 20.8 Å². The first-order chi connectivity index (χ1) is 18.4. The van der Waals surface area contributed by atoms with Gasteiger partial charge in [0.05, 0.1) is 12.4 Å². The summed E-state index contributed by atoms with van der Waals surface area (Å²) < 4.78 is 0. The SMILES string of the molecule is Cc1cccc(C(c2cc(C=Nn3nnnc3C)ccc2O)c2cc(C=Nn3nnnc3C)ccc2O)c1. The molecule has 5 rings (SSSR count). The smallest absolute Gasteiger partial charge is 0.173 e. The standard InChI is InChI=1S/C26H24N10O2/c1-16-5-4-6-21(11-16)26(22-12-19(7-9-24(22)37)14-27-35-17(2)29-31-33-35)23-13-20(8-10-25(23)38)15-28-36-18(3)30-32-34-36/h4-15,26,37-38H,1-3H3. The number of hydrogen-bond acceptors (Lipinski definition) is 10. The van der Waals surface area contributed by atoms with Crippen molar-refractivity contribution in [2.75, 3.05) is 0 Å². The predicted octanol–water partition coefficient (Wildman–Crippen LogP) is 2.94. The van der Waals surface area contributed by atoms with Gasteiger partial charge in [-0.25, -0.2) is 0 Å². The number of aryl methyl sites for hydroxylation is 3. The Morgan fingerprint density at radius 1 is 0.711 bits per heavy atom. The van der Waals surface area contributed by atoms with Gasteiger partial charge in [-0.3, -0.25) is 0 Å². The maximum atomic E-state index is 11.0. The lowest BCUT2D eigenvalue weighted by Crippen LogP contribution is -2.06. The van der Waals surface area contributed by atoms with Crippen LogP contribution >= 0.6 is 0 Å². The second kappa shape index (κ2) is 10.4. The van der Waals surface area contributed by atoms with Crippen molar-refractivity contribution in [3.05, 3.63) is 106 Å². The molecule has 2 N–H and O–H groups in total. The summed E-state index contributed by atoms with van der Waals surface area (Å²) in [7, 11) is 0. The lowest BCUT2D eigenvalue weighted by molar-refractivity contribution is 0.458. The van der Waals surface area contributed by atoms with E-state index in [2.05, 4.69) is 41.3 Å². The van der Waals surface area contributed by atoms with E-state index in [0.717, 1.165) is 22.3 Å². The number of aromatic hydroxyl groups is 2. The molecule has 38 heavy (non-hydrogen) atoms. The normalized spacial score (nSPS) is 12.5. The Balaban J connectivity index is 1.61. The van der Waals surface area contributed by atoms with Gasteiger partial charge in [0.2, 0.25) is 0 Å². The third-order valence-corrected chi connectivity index (χ3v) is 5.94. The summed E-state index contributed by atoms with van der Waals surface area (Å²) in [5.74, 6) is 0.738. The number of nitrogens with zero attached hydrogens (tertiary/aromatic N) is 10. The van der Waals surface area contributed by atoms with Crippen molar-refractivity contribution in [2.45, 2.75) is 26.7 Å². The van der Waals surface area contributed by atoms with Crippen LogP contribution in [0.15, 0.2) is 70.9 Å². The van der Waals surface area contributed by atoms with Crippen molar-refractivity contribution in [2.24, 2.45) is 10.2 Å². The molecule has 0 radical (unpaired) electrons. The Morgan fingerprint density at radius 3 is 1.68 bits per heavy atom. The van der Waals surface area contributed by atoms with Gasteiger partial charge >= 0.3 is 0 Å². The zero-order chi connectivity index (χ0) is 26.6. The first-order valence-corrected chi connectivity index (χ1v) is 11.7. The molecule has 190 valence electrons. The van der Waals surface area contributed by atoms with Crippen LogP contribution in [-0.2, 0) is 0 Å². The van der Waals surface area contributed by atoms with Gasteiger partial charge < -0.3 is 10.2 Å². The lowest BCUT2D eigenvalue weighted by Gasteiger charge is -2.22. The van der Waals surface area contributed by atoms with Gasteiger partial charge in [-0.1, -0.05) is 29.8 Å². The average Bonchev–Trinajstić information content (AvgIpc) is 3.51. The van der Waals surface area contributed by atoms with E-state index in [1.807, 2.05) is 43.3 Å². The zero-order valence-corrected chi connectivity index (χ0v) is 20.9. The van der Waals surface area contributed by atoms with Crippen LogP contribution in [0.3, 0.4) is 0 Å². The van der Waals surface area contributed by atoms with Crippen molar-refractivity contribution in [3.8, 4) is 11.5 Å². The monoisotopic (exact) mass is 508 g/mol. The summed E-state index contributed by atoms with van der Waals surface area (Å²) in [4.78, 5) is 2.62. The molecular weight excluding hydrogens is 484 g/mol. The molecule has 0 amide bonds. The second-order valence-electron chi connectivity index (χ2n) is 8.70. The van der Waals surface area contributed by atoms with Crippen LogP contribution in [0.2, 0.25) is 0 Å². The maximum absolute atomic E-state index is 11.0. The minimum absolute atomic E-state index is 0.0787. The second-order valence-corrected chi connectivity index (χ2v) is 8.70. The summed E-state index contributed by atoms with van der Waals surface area (Å²) >= 11 is 0. The molecule has 2 heterocycles. The van der Waals surface area contributed by atoms with Gasteiger partial charge in [-0.15, -0.1) is 19.8 Å². The number of phenolic OH excluding ortho intramolecular Hbond substituents is 2. The molecule has 3 aromatic carbocycles. The van der Waals surface area contributed by atoms with Crippen molar-refractivity contribution in [1.82, 2.24) is 40.6 Å². The van der Waals surface area contributed by atoms with Crippen LogP contribution in [0.25, 0.3) is 0 Å². The Hall–Kier alpha value is -5.26. The van der Waals surface area contributed by atoms with Crippen LogP contribution in [-0.4, -0.2) is 63.3 Å². The van der Waals surface area contributed by atoms with Gasteiger partial charge in [0.15, 0.2) is 11.6 Å². The molecule has 0 fully saturated rings. The number of benzene rings is 3. The largest absolute Gasteiger partial charge is 0.508 e. The molecule has 0 aliphatic heterocycles. The Bertz CT molecular complexity index is 1550. The summed E-state index contributed by atoms with van der Waals surface area (Å²) in [6.45, 7) is 5.48. The van der Waals surface area contributed by atoms with Gasteiger partial charge in [0.25, 0.3) is 0 Å². The number of phenols is 2. The minimum Gasteiger partial charge on any atom is -0.508 e. The fourth-order valence-corrected chi connectivity index (χ4v) is 4.06. The van der Waals surface area contributed by atoms with Gasteiger partial charge in [0.1, 0.15) is 11.5 Å². The van der Waals surface area contributed by atoms with Crippen LogP contribution in [0.5, 0.6) is 11.5 Å². The van der Waals surface area contributed by atoms with E-state index >= 15 is 0 Å². The third kappa shape index (κ3) is 5.14. The summed E-state index contributed by atoms with van der Waals surface area (Å²) in [6, 6.07) is 18.3. The first-order valence-electron chi connectivity index (χ1n) is 11.7. The molecule has 5 aromatic rings. The van der Waals surface area contributed by atoms with E-state index in [-0.39, 0.29) is 11.5 Å². The van der Waals surface area contributed by atoms with Gasteiger partial charge in [-0.05, 0) is 94.7 Å².